The van der Waals surface area contributed by atoms with Crippen LogP contribution in [0.2, 0.25) is 0 Å². The SMILES string of the molecule is CNC(=O)c1cc(C(=O)NC2CC(O)C2)cc2c1OC(CF)C2. The Balaban J connectivity index is 1.87. The maximum absolute atomic E-state index is 12.9. The summed E-state index contributed by atoms with van der Waals surface area (Å²) in [6, 6.07) is 3.05. The third kappa shape index (κ3) is 3.01. The second kappa shape index (κ2) is 6.16. The molecular formula is C16H19FN2O4. The van der Waals surface area contributed by atoms with Crippen molar-refractivity contribution in [2.75, 3.05) is 13.7 Å². The number of ether oxygens (including phenoxy) is 1. The van der Waals surface area contributed by atoms with Crippen LogP contribution < -0.4 is 15.4 Å². The monoisotopic (exact) mass is 322 g/mol. The van der Waals surface area contributed by atoms with Gasteiger partial charge in [-0.2, -0.15) is 0 Å². The Bertz CT molecular complexity index is 643. The van der Waals surface area contributed by atoms with E-state index in [1.165, 1.54) is 13.1 Å². The summed E-state index contributed by atoms with van der Waals surface area (Å²) in [5.41, 5.74) is 1.24. The Morgan fingerprint density at radius 1 is 1.35 bits per heavy atom. The molecule has 23 heavy (non-hydrogen) atoms. The van der Waals surface area contributed by atoms with Crippen molar-refractivity contribution >= 4 is 11.8 Å². The fourth-order valence-electron chi connectivity index (χ4n) is 2.93. The minimum atomic E-state index is -0.649. The van der Waals surface area contributed by atoms with Gasteiger partial charge >= 0.3 is 0 Å². The van der Waals surface area contributed by atoms with E-state index in [1.54, 1.807) is 6.07 Å². The van der Waals surface area contributed by atoms with Gasteiger partial charge in [-0.1, -0.05) is 0 Å². The van der Waals surface area contributed by atoms with Crippen molar-refractivity contribution in [2.24, 2.45) is 0 Å². The van der Waals surface area contributed by atoms with Crippen molar-refractivity contribution < 1.29 is 23.8 Å². The number of carbonyl (C=O) groups excluding carboxylic acids is 2. The number of alkyl halides is 1. The van der Waals surface area contributed by atoms with E-state index in [1.807, 2.05) is 0 Å². The van der Waals surface area contributed by atoms with E-state index in [2.05, 4.69) is 10.6 Å². The molecule has 1 aliphatic carbocycles. The Kier molecular flexibility index (Phi) is 4.21. The lowest BCUT2D eigenvalue weighted by molar-refractivity contribution is 0.0562. The minimum absolute atomic E-state index is 0.0518. The Morgan fingerprint density at radius 3 is 2.70 bits per heavy atom. The van der Waals surface area contributed by atoms with Gasteiger partial charge in [0.15, 0.2) is 0 Å². The van der Waals surface area contributed by atoms with Crippen LogP contribution in [0.25, 0.3) is 0 Å². The number of fused-ring (bicyclic) bond motifs is 1. The van der Waals surface area contributed by atoms with Crippen LogP contribution in [0.15, 0.2) is 12.1 Å². The molecule has 1 atom stereocenters. The van der Waals surface area contributed by atoms with Crippen LogP contribution in [0.1, 0.15) is 39.1 Å². The zero-order valence-electron chi connectivity index (χ0n) is 12.8. The first-order valence-corrected chi connectivity index (χ1v) is 7.62. The summed E-state index contributed by atoms with van der Waals surface area (Å²) in [6.07, 6.45) is 0.422. The molecule has 1 aromatic rings. The lowest BCUT2D eigenvalue weighted by atomic mass is 9.89. The molecule has 2 amide bonds. The number of aliphatic hydroxyl groups excluding tert-OH is 1. The van der Waals surface area contributed by atoms with Crippen LogP contribution >= 0.6 is 0 Å². The van der Waals surface area contributed by atoms with Crippen molar-refractivity contribution in [1.82, 2.24) is 10.6 Å². The van der Waals surface area contributed by atoms with Gasteiger partial charge in [-0.3, -0.25) is 9.59 Å². The fraction of sp³-hybridized carbons (Fsp3) is 0.500. The summed E-state index contributed by atoms with van der Waals surface area (Å²) in [7, 11) is 1.48. The van der Waals surface area contributed by atoms with Crippen molar-refractivity contribution in [1.29, 1.82) is 0 Å². The Morgan fingerprint density at radius 2 is 2.09 bits per heavy atom. The molecule has 0 radical (unpaired) electrons. The summed E-state index contributed by atoms with van der Waals surface area (Å²) in [5, 5.41) is 14.6. The van der Waals surface area contributed by atoms with Gasteiger partial charge in [0.1, 0.15) is 18.5 Å². The zero-order valence-corrected chi connectivity index (χ0v) is 12.8. The first-order valence-electron chi connectivity index (χ1n) is 7.62. The van der Waals surface area contributed by atoms with E-state index < -0.39 is 12.8 Å². The molecule has 1 saturated carbocycles. The maximum Gasteiger partial charge on any atom is 0.254 e. The molecule has 2 aliphatic rings. The van der Waals surface area contributed by atoms with Gasteiger partial charge in [-0.05, 0) is 30.5 Å². The third-order valence-electron chi connectivity index (χ3n) is 4.25. The van der Waals surface area contributed by atoms with Crippen molar-refractivity contribution in [2.45, 2.75) is 37.5 Å². The molecule has 1 heterocycles. The number of halogens is 1. The molecule has 1 aliphatic heterocycles. The number of nitrogens with one attached hydrogen (secondary N) is 2. The number of carbonyl (C=O) groups is 2. The number of aliphatic hydroxyl groups is 1. The van der Waals surface area contributed by atoms with Crippen molar-refractivity contribution in [3.63, 3.8) is 0 Å². The van der Waals surface area contributed by atoms with Gasteiger partial charge in [0.05, 0.1) is 11.7 Å². The average Bonchev–Trinajstić information content (AvgIpc) is 2.94. The molecule has 3 rings (SSSR count). The molecule has 1 unspecified atom stereocenters. The van der Waals surface area contributed by atoms with Gasteiger partial charge < -0.3 is 20.5 Å². The Labute approximate surface area is 133 Å². The van der Waals surface area contributed by atoms with Crippen molar-refractivity contribution in [3.8, 4) is 5.75 Å². The first kappa shape index (κ1) is 15.7. The second-order valence-electron chi connectivity index (χ2n) is 5.99. The van der Waals surface area contributed by atoms with Crippen LogP contribution in [0, 0.1) is 0 Å². The fourth-order valence-corrected chi connectivity index (χ4v) is 2.93. The van der Waals surface area contributed by atoms with Gasteiger partial charge in [0.25, 0.3) is 11.8 Å². The molecule has 1 aromatic carbocycles. The highest BCUT2D eigenvalue weighted by Crippen LogP contribution is 2.34. The predicted molar refractivity (Wildman–Crippen MR) is 80.4 cm³/mol. The first-order chi connectivity index (χ1) is 11.0. The van der Waals surface area contributed by atoms with Gasteiger partial charge in [0, 0.05) is 25.1 Å². The lowest BCUT2D eigenvalue weighted by Crippen LogP contribution is -2.46. The number of amides is 2. The highest BCUT2D eigenvalue weighted by Gasteiger charge is 2.31. The summed E-state index contributed by atoms with van der Waals surface area (Å²) < 4.78 is 18.3. The highest BCUT2D eigenvalue weighted by molar-refractivity contribution is 6.02. The smallest absolute Gasteiger partial charge is 0.254 e. The van der Waals surface area contributed by atoms with Crippen molar-refractivity contribution in [3.05, 3.63) is 28.8 Å². The van der Waals surface area contributed by atoms with Crippen LogP contribution in [0.3, 0.4) is 0 Å². The number of hydrogen-bond donors (Lipinski definition) is 3. The van der Waals surface area contributed by atoms with Gasteiger partial charge in [-0.25, -0.2) is 4.39 Å². The molecule has 7 heteroatoms. The normalized spacial score (nSPS) is 25.1. The molecule has 0 saturated heterocycles. The predicted octanol–water partition coefficient (Wildman–Crippen LogP) is 0.572. The topological polar surface area (TPSA) is 87.7 Å². The number of benzene rings is 1. The van der Waals surface area contributed by atoms with Gasteiger partial charge in [-0.15, -0.1) is 0 Å². The van der Waals surface area contributed by atoms with E-state index in [0.717, 1.165) is 0 Å². The third-order valence-corrected chi connectivity index (χ3v) is 4.25. The molecule has 6 nitrogen and oxygen atoms in total. The van der Waals surface area contributed by atoms with E-state index >= 15 is 0 Å². The summed E-state index contributed by atoms with van der Waals surface area (Å²) in [5.74, 6) is -0.337. The zero-order chi connectivity index (χ0) is 16.6. The maximum atomic E-state index is 12.9. The molecule has 0 aromatic heterocycles. The van der Waals surface area contributed by atoms with E-state index in [0.29, 0.717) is 36.1 Å². The van der Waals surface area contributed by atoms with E-state index in [9.17, 15) is 19.1 Å². The van der Waals surface area contributed by atoms with Crippen LogP contribution in [-0.4, -0.2) is 48.9 Å². The number of hydrogen-bond acceptors (Lipinski definition) is 4. The van der Waals surface area contributed by atoms with Crippen LogP contribution in [-0.2, 0) is 6.42 Å². The quantitative estimate of drug-likeness (QED) is 0.756. The standard InChI is InChI=1S/C16H19FN2O4/c1-18-16(22)13-4-9(15(21)19-10-5-11(20)6-10)2-8-3-12(7-17)23-14(8)13/h2,4,10-12,20H,3,5-7H2,1H3,(H,18,22)(H,19,21). The second-order valence-corrected chi connectivity index (χ2v) is 5.99. The summed E-state index contributed by atoms with van der Waals surface area (Å²) in [4.78, 5) is 24.4. The highest BCUT2D eigenvalue weighted by atomic mass is 19.1. The molecule has 124 valence electrons. The summed E-state index contributed by atoms with van der Waals surface area (Å²) >= 11 is 0. The molecule has 1 fully saturated rings. The van der Waals surface area contributed by atoms with Gasteiger partial charge in [0.2, 0.25) is 0 Å². The summed E-state index contributed by atoms with van der Waals surface area (Å²) in [6.45, 7) is -0.649. The molecule has 3 N–H and O–H groups in total. The van der Waals surface area contributed by atoms with Crippen LogP contribution in [0.5, 0.6) is 5.75 Å². The van der Waals surface area contributed by atoms with E-state index in [4.69, 9.17) is 4.74 Å². The largest absolute Gasteiger partial charge is 0.486 e. The lowest BCUT2D eigenvalue weighted by Gasteiger charge is -2.32. The Hall–Kier alpha value is -2.15. The number of rotatable bonds is 4. The molecule has 0 spiro atoms. The molecular weight excluding hydrogens is 303 g/mol. The van der Waals surface area contributed by atoms with E-state index in [-0.39, 0.29) is 29.5 Å². The minimum Gasteiger partial charge on any atom is -0.486 e. The van der Waals surface area contributed by atoms with Crippen LogP contribution in [0.4, 0.5) is 4.39 Å². The average molecular weight is 322 g/mol. The molecule has 0 bridgehead atoms.